The first-order valence-corrected chi connectivity index (χ1v) is 11.9. The van der Waals surface area contributed by atoms with Gasteiger partial charge in [0.1, 0.15) is 23.2 Å². The lowest BCUT2D eigenvalue weighted by molar-refractivity contribution is -0.117. The van der Waals surface area contributed by atoms with Crippen LogP contribution in [0.3, 0.4) is 0 Å². The predicted molar refractivity (Wildman–Crippen MR) is 124 cm³/mol. The van der Waals surface area contributed by atoms with Crippen molar-refractivity contribution in [3.63, 3.8) is 0 Å². The van der Waals surface area contributed by atoms with Gasteiger partial charge in [-0.25, -0.2) is 13.1 Å². The molecule has 2 aromatic carbocycles. The predicted octanol–water partition coefficient (Wildman–Crippen LogP) is 4.40. The van der Waals surface area contributed by atoms with Gasteiger partial charge in [-0.05, 0) is 54.1 Å². The molecule has 7 nitrogen and oxygen atoms in total. The fourth-order valence-corrected chi connectivity index (χ4v) is 3.98. The molecule has 0 aliphatic carbocycles. The van der Waals surface area contributed by atoms with Crippen molar-refractivity contribution >= 4 is 49.5 Å². The molecular formula is C22H17BrClN3O4S. The summed E-state index contributed by atoms with van der Waals surface area (Å²) in [6, 6.07) is 18.1. The minimum Gasteiger partial charge on any atom is -0.460 e. The fourth-order valence-electron chi connectivity index (χ4n) is 2.60. The Hall–Kier alpha value is -2.90. The molecule has 0 bridgehead atoms. The quantitative estimate of drug-likeness (QED) is 0.329. The van der Waals surface area contributed by atoms with E-state index in [2.05, 4.69) is 26.0 Å². The normalized spacial score (nSPS) is 11.7. The number of rotatable bonds is 8. The number of sulfonamides is 1. The Morgan fingerprint density at radius 1 is 1.06 bits per heavy atom. The summed E-state index contributed by atoms with van der Waals surface area (Å²) in [5, 5.41) is 12.6. The molecule has 1 aromatic heterocycles. The maximum atomic E-state index is 12.4. The van der Waals surface area contributed by atoms with Gasteiger partial charge in [-0.2, -0.15) is 5.26 Å². The van der Waals surface area contributed by atoms with Crippen molar-refractivity contribution in [2.75, 3.05) is 0 Å². The van der Waals surface area contributed by atoms with Gasteiger partial charge in [0.05, 0.1) is 11.4 Å². The van der Waals surface area contributed by atoms with E-state index in [1.807, 2.05) is 6.07 Å². The molecule has 3 rings (SSSR count). The molecule has 0 spiro atoms. The summed E-state index contributed by atoms with van der Waals surface area (Å²) >= 11 is 9.09. The summed E-state index contributed by atoms with van der Waals surface area (Å²) in [5.74, 6) is 0.0215. The van der Waals surface area contributed by atoms with E-state index in [4.69, 9.17) is 16.0 Å². The number of amides is 1. The van der Waals surface area contributed by atoms with Crippen molar-refractivity contribution in [1.29, 1.82) is 5.26 Å². The van der Waals surface area contributed by atoms with E-state index in [9.17, 15) is 18.5 Å². The van der Waals surface area contributed by atoms with Gasteiger partial charge in [0.25, 0.3) is 5.91 Å². The molecule has 0 unspecified atom stereocenters. The van der Waals surface area contributed by atoms with Gasteiger partial charge in [-0.15, -0.1) is 0 Å². The second-order valence-electron chi connectivity index (χ2n) is 6.56. The van der Waals surface area contributed by atoms with Gasteiger partial charge in [-0.3, -0.25) is 4.79 Å². The van der Waals surface area contributed by atoms with E-state index in [0.717, 1.165) is 10.0 Å². The molecule has 0 saturated heterocycles. The van der Waals surface area contributed by atoms with Crippen LogP contribution in [-0.4, -0.2) is 14.3 Å². The van der Waals surface area contributed by atoms with Crippen molar-refractivity contribution in [2.45, 2.75) is 18.0 Å². The van der Waals surface area contributed by atoms with Crippen molar-refractivity contribution < 1.29 is 17.6 Å². The molecule has 0 aliphatic heterocycles. The van der Waals surface area contributed by atoms with Crippen molar-refractivity contribution in [3.05, 3.63) is 92.8 Å². The minimum absolute atomic E-state index is 0.0864. The first-order chi connectivity index (χ1) is 15.3. The first-order valence-electron chi connectivity index (χ1n) is 9.25. The fraction of sp³-hybridized carbons (Fsp3) is 0.0909. The van der Waals surface area contributed by atoms with E-state index in [-0.39, 0.29) is 29.3 Å². The minimum atomic E-state index is -3.71. The lowest BCUT2D eigenvalue weighted by atomic mass is 10.2. The number of nitriles is 1. The molecule has 164 valence electrons. The molecule has 0 radical (unpaired) electrons. The van der Waals surface area contributed by atoms with E-state index in [1.54, 1.807) is 48.5 Å². The monoisotopic (exact) mass is 533 g/mol. The van der Waals surface area contributed by atoms with Crippen LogP contribution in [0.2, 0.25) is 5.02 Å². The second kappa shape index (κ2) is 10.6. The number of benzene rings is 2. The maximum Gasteiger partial charge on any atom is 0.262 e. The van der Waals surface area contributed by atoms with Gasteiger partial charge in [0, 0.05) is 22.1 Å². The van der Waals surface area contributed by atoms with Crippen LogP contribution in [0.4, 0.5) is 0 Å². The molecule has 10 heteroatoms. The molecule has 0 fully saturated rings. The molecule has 0 atom stereocenters. The Balaban J connectivity index is 1.61. The largest absolute Gasteiger partial charge is 0.460 e. The Labute approximate surface area is 198 Å². The highest BCUT2D eigenvalue weighted by molar-refractivity contribution is 9.10. The topological polar surface area (TPSA) is 112 Å². The molecule has 1 amide bonds. The molecular weight excluding hydrogens is 518 g/mol. The number of carbonyl (C=O) groups excluding carboxylic acids is 1. The maximum absolute atomic E-state index is 12.4. The van der Waals surface area contributed by atoms with Crippen molar-refractivity contribution in [1.82, 2.24) is 10.0 Å². The van der Waals surface area contributed by atoms with Crippen LogP contribution in [0.25, 0.3) is 6.08 Å². The zero-order valence-corrected chi connectivity index (χ0v) is 19.7. The summed E-state index contributed by atoms with van der Waals surface area (Å²) in [6.07, 6.45) is 1.30. The van der Waals surface area contributed by atoms with Crippen LogP contribution in [0.1, 0.15) is 17.1 Å². The van der Waals surface area contributed by atoms with Crippen LogP contribution < -0.4 is 10.0 Å². The van der Waals surface area contributed by atoms with Crippen molar-refractivity contribution in [3.8, 4) is 6.07 Å². The summed E-state index contributed by atoms with van der Waals surface area (Å²) in [4.78, 5) is 12.4. The van der Waals surface area contributed by atoms with Crippen LogP contribution >= 0.6 is 27.5 Å². The summed E-state index contributed by atoms with van der Waals surface area (Å²) in [6.45, 7) is 0.146. The second-order valence-corrected chi connectivity index (χ2v) is 9.68. The van der Waals surface area contributed by atoms with Gasteiger partial charge in [-0.1, -0.05) is 39.7 Å². The standard InChI is InChI=1S/C22H17BrClN3O4S/c23-17-3-9-21(10-4-17)32(29,30)27-14-20-8-7-19(31-20)11-16(12-25)22(28)26-13-15-1-5-18(24)6-2-15/h1-11,27H,13-14H2,(H,26,28)/b16-11-. The van der Waals surface area contributed by atoms with Crippen LogP contribution in [-0.2, 0) is 27.9 Å². The summed E-state index contributed by atoms with van der Waals surface area (Å²) < 4.78 is 33.5. The Morgan fingerprint density at radius 2 is 1.75 bits per heavy atom. The van der Waals surface area contributed by atoms with Gasteiger partial charge in [0.15, 0.2) is 0 Å². The first kappa shape index (κ1) is 23.8. The highest BCUT2D eigenvalue weighted by atomic mass is 79.9. The molecule has 2 N–H and O–H groups in total. The number of hydrogen-bond donors (Lipinski definition) is 2. The van der Waals surface area contributed by atoms with E-state index in [0.29, 0.717) is 10.8 Å². The van der Waals surface area contributed by atoms with Crippen molar-refractivity contribution in [2.24, 2.45) is 0 Å². The van der Waals surface area contributed by atoms with E-state index < -0.39 is 15.9 Å². The summed E-state index contributed by atoms with van der Waals surface area (Å²) in [5.41, 5.74) is 0.689. The highest BCUT2D eigenvalue weighted by Gasteiger charge is 2.15. The average Bonchev–Trinajstić information content (AvgIpc) is 3.23. The lowest BCUT2D eigenvalue weighted by Crippen LogP contribution is -2.23. The third-order valence-corrected chi connectivity index (χ3v) is 6.46. The van der Waals surface area contributed by atoms with Crippen LogP contribution in [0.5, 0.6) is 0 Å². The van der Waals surface area contributed by atoms with Crippen LogP contribution in [0.15, 0.2) is 80.0 Å². The third-order valence-electron chi connectivity index (χ3n) is 4.26. The smallest absolute Gasteiger partial charge is 0.262 e. The Kier molecular flexibility index (Phi) is 7.88. The molecule has 0 aliphatic rings. The number of hydrogen-bond acceptors (Lipinski definition) is 5. The highest BCUT2D eigenvalue weighted by Crippen LogP contribution is 2.16. The number of nitrogens with zero attached hydrogens (tertiary/aromatic N) is 1. The van der Waals surface area contributed by atoms with Crippen LogP contribution in [0, 0.1) is 11.3 Å². The number of furan rings is 1. The van der Waals surface area contributed by atoms with E-state index >= 15 is 0 Å². The Bertz CT molecular complexity index is 1280. The summed E-state index contributed by atoms with van der Waals surface area (Å²) in [7, 11) is -3.71. The zero-order valence-electron chi connectivity index (χ0n) is 16.5. The Morgan fingerprint density at radius 3 is 2.41 bits per heavy atom. The van der Waals surface area contributed by atoms with Gasteiger partial charge >= 0.3 is 0 Å². The zero-order chi connectivity index (χ0) is 23.1. The van der Waals surface area contributed by atoms with E-state index in [1.165, 1.54) is 18.2 Å². The number of halogens is 2. The van der Waals surface area contributed by atoms with Gasteiger partial charge in [0.2, 0.25) is 10.0 Å². The average molecular weight is 535 g/mol. The molecule has 32 heavy (non-hydrogen) atoms. The van der Waals surface area contributed by atoms with Gasteiger partial charge < -0.3 is 9.73 Å². The SMILES string of the molecule is N#C/C(=C/c1ccc(CNS(=O)(=O)c2ccc(Br)cc2)o1)C(=O)NCc1ccc(Cl)cc1. The molecule has 3 aromatic rings. The molecule has 1 heterocycles. The third kappa shape index (κ3) is 6.55. The molecule has 0 saturated carbocycles. The number of nitrogens with one attached hydrogen (secondary N) is 2. The number of carbonyl (C=O) groups is 1. The lowest BCUT2D eigenvalue weighted by Gasteiger charge is -2.05.